The van der Waals surface area contributed by atoms with Crippen molar-refractivity contribution in [1.82, 2.24) is 9.13 Å². The van der Waals surface area contributed by atoms with Crippen molar-refractivity contribution in [2.75, 3.05) is 0 Å². The second kappa shape index (κ2) is 15.7. The number of aryl methyl sites for hydroxylation is 2. The summed E-state index contributed by atoms with van der Waals surface area (Å²) in [5.74, 6) is 0. The lowest BCUT2D eigenvalue weighted by Crippen LogP contribution is -1.93. The van der Waals surface area contributed by atoms with Crippen LogP contribution in [0.4, 0.5) is 0 Å². The van der Waals surface area contributed by atoms with Gasteiger partial charge in [0.15, 0.2) is 0 Å². The van der Waals surface area contributed by atoms with Crippen LogP contribution in [0.25, 0.3) is 98.9 Å². The molecule has 0 bridgehead atoms. The van der Waals surface area contributed by atoms with Gasteiger partial charge in [-0.1, -0.05) is 130 Å². The van der Waals surface area contributed by atoms with E-state index in [1.807, 2.05) is 38.1 Å². The van der Waals surface area contributed by atoms with Crippen LogP contribution in [0.2, 0.25) is 0 Å². The van der Waals surface area contributed by atoms with Crippen molar-refractivity contribution in [1.29, 1.82) is 0 Å². The number of hydrogen-bond donors (Lipinski definition) is 0. The summed E-state index contributed by atoms with van der Waals surface area (Å²) in [6.45, 7) is 12.5. The minimum Gasteiger partial charge on any atom is -0.456 e. The van der Waals surface area contributed by atoms with Crippen LogP contribution >= 0.6 is 0 Å². The van der Waals surface area contributed by atoms with Gasteiger partial charge in [0.05, 0.1) is 22.1 Å². The number of hydrogen-bond acceptors (Lipinski definition) is 2. The van der Waals surface area contributed by atoms with E-state index in [9.17, 15) is 0 Å². The summed E-state index contributed by atoms with van der Waals surface area (Å²) in [6.07, 6.45) is 1.25. The van der Waals surface area contributed by atoms with Crippen LogP contribution < -0.4 is 0 Å². The molecular weight excluding hydrogens is 721 g/mol. The van der Waals surface area contributed by atoms with Gasteiger partial charge < -0.3 is 18.0 Å². The zero-order valence-corrected chi connectivity index (χ0v) is 34.6. The minimum atomic E-state index is 0.927. The molecule has 0 amide bonds. The molecular formula is C55H48N2O2. The molecule has 12 rings (SSSR count). The Bertz CT molecular complexity index is 3210. The number of benzene rings is 8. The average molecular weight is 769 g/mol. The Hall–Kier alpha value is -7.04. The lowest BCUT2D eigenvalue weighted by Gasteiger charge is -2.08. The highest BCUT2D eigenvalue weighted by Gasteiger charge is 2.16. The average Bonchev–Trinajstić information content (AvgIpc) is 4.02. The maximum Gasteiger partial charge on any atom is 0.135 e. The maximum absolute atomic E-state index is 6.01. The van der Waals surface area contributed by atoms with E-state index < -0.39 is 0 Å². The number of rotatable bonds is 2. The van der Waals surface area contributed by atoms with E-state index >= 15 is 0 Å². The molecule has 0 fully saturated rings. The molecule has 4 nitrogen and oxygen atoms in total. The van der Waals surface area contributed by atoms with Crippen molar-refractivity contribution in [3.63, 3.8) is 0 Å². The summed E-state index contributed by atoms with van der Waals surface area (Å²) in [6, 6.07) is 60.0. The van der Waals surface area contributed by atoms with Gasteiger partial charge in [0.1, 0.15) is 22.3 Å². The van der Waals surface area contributed by atoms with Crippen LogP contribution in [0.5, 0.6) is 0 Å². The molecule has 0 saturated heterocycles. The highest BCUT2D eigenvalue weighted by atomic mass is 16.3. The topological polar surface area (TPSA) is 36.1 Å². The van der Waals surface area contributed by atoms with Crippen LogP contribution in [-0.2, 0) is 0 Å². The third kappa shape index (κ3) is 6.51. The highest BCUT2D eigenvalue weighted by molar-refractivity contribution is 6.12. The number of nitrogens with zero attached hydrogens (tertiary/aromatic N) is 2. The summed E-state index contributed by atoms with van der Waals surface area (Å²) in [4.78, 5) is 0. The number of para-hydroxylation sites is 4. The van der Waals surface area contributed by atoms with Crippen molar-refractivity contribution in [3.05, 3.63) is 181 Å². The first-order valence-electron chi connectivity index (χ1n) is 20.8. The van der Waals surface area contributed by atoms with Crippen LogP contribution in [0.1, 0.15) is 45.2 Å². The number of aromatic nitrogens is 2. The summed E-state index contributed by atoms with van der Waals surface area (Å²) in [5.41, 5.74) is 13.5. The maximum atomic E-state index is 6.01. The summed E-state index contributed by atoms with van der Waals surface area (Å²) >= 11 is 0. The van der Waals surface area contributed by atoms with E-state index in [1.165, 1.54) is 61.2 Å². The molecule has 290 valence electrons. The first-order valence-corrected chi connectivity index (χ1v) is 20.8. The van der Waals surface area contributed by atoms with Crippen molar-refractivity contribution >= 4 is 87.5 Å². The van der Waals surface area contributed by atoms with Crippen molar-refractivity contribution in [2.24, 2.45) is 0 Å². The van der Waals surface area contributed by atoms with E-state index in [4.69, 9.17) is 8.83 Å². The molecule has 0 radical (unpaired) electrons. The molecule has 8 aromatic carbocycles. The van der Waals surface area contributed by atoms with Gasteiger partial charge in [-0.15, -0.1) is 0 Å². The zero-order valence-electron chi connectivity index (χ0n) is 34.6. The number of furan rings is 2. The molecule has 4 aromatic heterocycles. The molecule has 0 saturated carbocycles. The van der Waals surface area contributed by atoms with E-state index in [2.05, 4.69) is 182 Å². The second-order valence-electron chi connectivity index (χ2n) is 15.0. The van der Waals surface area contributed by atoms with Gasteiger partial charge in [-0.25, -0.2) is 0 Å². The van der Waals surface area contributed by atoms with Gasteiger partial charge in [-0.3, -0.25) is 0 Å². The second-order valence-corrected chi connectivity index (χ2v) is 15.0. The smallest absolute Gasteiger partial charge is 0.135 e. The van der Waals surface area contributed by atoms with E-state index in [0.29, 0.717) is 0 Å². The Morgan fingerprint density at radius 1 is 0.339 bits per heavy atom. The van der Waals surface area contributed by atoms with Crippen LogP contribution in [-0.4, -0.2) is 9.13 Å². The molecule has 0 unspecified atom stereocenters. The third-order valence-electron chi connectivity index (χ3n) is 10.9. The Balaban J connectivity index is 0.000000138. The molecule has 0 spiro atoms. The fourth-order valence-electron chi connectivity index (χ4n) is 8.44. The van der Waals surface area contributed by atoms with Crippen molar-refractivity contribution in [2.45, 2.75) is 48.0 Å². The summed E-state index contributed by atoms with van der Waals surface area (Å²) < 4.78 is 16.7. The van der Waals surface area contributed by atoms with Gasteiger partial charge >= 0.3 is 0 Å². The lowest BCUT2D eigenvalue weighted by molar-refractivity contribution is 0.668. The Morgan fingerprint density at radius 2 is 0.678 bits per heavy atom. The van der Waals surface area contributed by atoms with Gasteiger partial charge in [0.25, 0.3) is 0 Å². The molecule has 4 heterocycles. The quantitative estimate of drug-likeness (QED) is 0.176. The van der Waals surface area contributed by atoms with Crippen molar-refractivity contribution in [3.8, 4) is 11.4 Å². The fourth-order valence-corrected chi connectivity index (χ4v) is 8.44. The van der Waals surface area contributed by atoms with Crippen LogP contribution in [0.3, 0.4) is 0 Å². The normalized spacial score (nSPS) is 11.3. The van der Waals surface area contributed by atoms with E-state index in [0.717, 1.165) is 55.3 Å². The zero-order chi connectivity index (χ0) is 40.6. The summed E-state index contributed by atoms with van der Waals surface area (Å²) in [5, 5.41) is 9.78. The van der Waals surface area contributed by atoms with Gasteiger partial charge in [0.2, 0.25) is 0 Å². The Kier molecular flexibility index (Phi) is 10.00. The molecule has 0 atom stereocenters. The van der Waals surface area contributed by atoms with Crippen LogP contribution in [0.15, 0.2) is 179 Å². The standard InChI is InChI=1S/2C25H17NO.C3H8.C2H6/c2*1-16-10-12-23-20(14-16)18-6-2-4-8-22(18)26(23)17-11-13-25-21(15-17)19-7-3-5-9-24(19)27-25;1-3-2;1-2/h2*2-15H,1H3;3H2,1-2H3;1-2H3. The molecule has 59 heavy (non-hydrogen) atoms. The van der Waals surface area contributed by atoms with Gasteiger partial charge in [-0.05, 0) is 98.8 Å². The van der Waals surface area contributed by atoms with Gasteiger partial charge in [0, 0.05) is 54.5 Å². The molecule has 0 aliphatic carbocycles. The van der Waals surface area contributed by atoms with E-state index in [-0.39, 0.29) is 0 Å². The predicted octanol–water partition coefficient (Wildman–Crippen LogP) is 16.4. The Morgan fingerprint density at radius 3 is 1.10 bits per heavy atom. The third-order valence-corrected chi connectivity index (χ3v) is 10.9. The SMILES string of the molecule is CC.CCC.Cc1ccc2c(c1)c1ccccc1n2-c1ccc2oc3ccccc3c2c1.Cc1ccc2c(c1)c1ccccc1n2-c1ccc2oc3ccccc3c2c1. The van der Waals surface area contributed by atoms with Crippen molar-refractivity contribution < 1.29 is 8.83 Å². The lowest BCUT2D eigenvalue weighted by atomic mass is 10.1. The van der Waals surface area contributed by atoms with Gasteiger partial charge in [-0.2, -0.15) is 0 Å². The largest absolute Gasteiger partial charge is 0.456 e. The molecule has 4 heteroatoms. The first-order chi connectivity index (χ1) is 29.0. The predicted molar refractivity (Wildman–Crippen MR) is 253 cm³/mol. The monoisotopic (exact) mass is 768 g/mol. The minimum absolute atomic E-state index is 0.927. The Labute approximate surface area is 344 Å². The molecule has 12 aromatic rings. The first kappa shape index (κ1) is 37.5. The summed E-state index contributed by atoms with van der Waals surface area (Å²) in [7, 11) is 0. The number of fused-ring (bicyclic) bond motifs is 12. The van der Waals surface area contributed by atoms with E-state index in [1.54, 1.807) is 0 Å². The molecule has 0 aliphatic heterocycles. The van der Waals surface area contributed by atoms with Crippen LogP contribution in [0, 0.1) is 13.8 Å². The molecule has 0 aliphatic rings. The fraction of sp³-hybridized carbons (Fsp3) is 0.127. The molecule has 0 N–H and O–H groups in total. The highest BCUT2D eigenvalue weighted by Crippen LogP contribution is 2.37.